The predicted molar refractivity (Wildman–Crippen MR) is 99.4 cm³/mol. The summed E-state index contributed by atoms with van der Waals surface area (Å²) < 4.78 is 0. The fourth-order valence-corrected chi connectivity index (χ4v) is 3.02. The molecule has 1 aliphatic heterocycles. The smallest absolute Gasteiger partial charge is 0.272 e. The van der Waals surface area contributed by atoms with Gasteiger partial charge >= 0.3 is 0 Å². The van der Waals surface area contributed by atoms with Crippen molar-refractivity contribution in [1.82, 2.24) is 19.8 Å². The Morgan fingerprint density at radius 2 is 1.92 bits per heavy atom. The molecule has 1 fully saturated rings. The van der Waals surface area contributed by atoms with Crippen molar-refractivity contribution in [2.45, 2.75) is 20.3 Å². The molecule has 3 rings (SSSR count). The molecule has 26 heavy (non-hydrogen) atoms. The minimum absolute atomic E-state index is 0.132. The molecule has 0 radical (unpaired) electrons. The molecule has 0 spiro atoms. The molecule has 1 saturated heterocycles. The molecule has 0 aliphatic carbocycles. The van der Waals surface area contributed by atoms with Crippen molar-refractivity contribution < 1.29 is 9.59 Å². The van der Waals surface area contributed by atoms with Crippen LogP contribution in [0.3, 0.4) is 0 Å². The SMILES string of the molecule is CCc1ccccc1Nc1cc(C(=O)N2CCN(C=O)CC2)nc(C)n1. The number of hydrogen-bond acceptors (Lipinski definition) is 5. The molecule has 2 heterocycles. The maximum absolute atomic E-state index is 12.8. The number of rotatable bonds is 5. The van der Waals surface area contributed by atoms with Gasteiger partial charge in [0.2, 0.25) is 6.41 Å². The molecule has 1 aliphatic rings. The van der Waals surface area contributed by atoms with E-state index < -0.39 is 0 Å². The molecule has 2 aromatic rings. The molecule has 7 heteroatoms. The van der Waals surface area contributed by atoms with Gasteiger partial charge in [0.05, 0.1) is 0 Å². The van der Waals surface area contributed by atoms with Gasteiger partial charge < -0.3 is 15.1 Å². The van der Waals surface area contributed by atoms with Gasteiger partial charge in [0, 0.05) is 37.9 Å². The van der Waals surface area contributed by atoms with Crippen LogP contribution in [0.1, 0.15) is 28.8 Å². The molecule has 1 aromatic heterocycles. The number of nitrogens with zero attached hydrogens (tertiary/aromatic N) is 4. The van der Waals surface area contributed by atoms with Crippen molar-refractivity contribution in [1.29, 1.82) is 0 Å². The van der Waals surface area contributed by atoms with Gasteiger partial charge in [-0.1, -0.05) is 25.1 Å². The molecule has 2 amide bonds. The first kappa shape index (κ1) is 17.8. The highest BCUT2D eigenvalue weighted by Gasteiger charge is 2.23. The van der Waals surface area contributed by atoms with Gasteiger partial charge in [-0.05, 0) is 25.0 Å². The van der Waals surface area contributed by atoms with E-state index in [0.29, 0.717) is 43.5 Å². The lowest BCUT2D eigenvalue weighted by molar-refractivity contribution is -0.119. The quantitative estimate of drug-likeness (QED) is 0.832. The highest BCUT2D eigenvalue weighted by molar-refractivity contribution is 5.93. The third-order valence-electron chi connectivity index (χ3n) is 4.47. The van der Waals surface area contributed by atoms with Gasteiger partial charge in [-0.3, -0.25) is 9.59 Å². The zero-order valence-electron chi connectivity index (χ0n) is 15.1. The maximum atomic E-state index is 12.8. The molecule has 7 nitrogen and oxygen atoms in total. The van der Waals surface area contributed by atoms with E-state index in [9.17, 15) is 9.59 Å². The molecule has 0 atom stereocenters. The Balaban J connectivity index is 1.79. The average Bonchev–Trinajstić information content (AvgIpc) is 2.67. The monoisotopic (exact) mass is 353 g/mol. The van der Waals surface area contributed by atoms with Crippen molar-refractivity contribution in [3.05, 3.63) is 47.4 Å². The number of carbonyl (C=O) groups excluding carboxylic acids is 2. The van der Waals surface area contributed by atoms with Crippen LogP contribution >= 0.6 is 0 Å². The Kier molecular flexibility index (Phi) is 5.46. The van der Waals surface area contributed by atoms with Crippen molar-refractivity contribution >= 4 is 23.8 Å². The first-order valence-electron chi connectivity index (χ1n) is 8.80. The van der Waals surface area contributed by atoms with Crippen LogP contribution in [0.2, 0.25) is 0 Å². The first-order chi connectivity index (χ1) is 12.6. The zero-order valence-corrected chi connectivity index (χ0v) is 15.1. The Labute approximate surface area is 153 Å². The molecule has 0 saturated carbocycles. The number of aromatic nitrogens is 2. The highest BCUT2D eigenvalue weighted by Crippen LogP contribution is 2.21. The van der Waals surface area contributed by atoms with Gasteiger partial charge in [0.15, 0.2) is 0 Å². The molecule has 0 bridgehead atoms. The van der Waals surface area contributed by atoms with Crippen LogP contribution in [0.5, 0.6) is 0 Å². The summed E-state index contributed by atoms with van der Waals surface area (Å²) in [5.74, 6) is 1.01. The van der Waals surface area contributed by atoms with Crippen LogP contribution in [0.4, 0.5) is 11.5 Å². The Bertz CT molecular complexity index is 800. The van der Waals surface area contributed by atoms with E-state index in [1.54, 1.807) is 22.8 Å². The lowest BCUT2D eigenvalue weighted by atomic mass is 10.1. The van der Waals surface area contributed by atoms with E-state index in [4.69, 9.17) is 0 Å². The number of nitrogens with one attached hydrogen (secondary N) is 1. The van der Waals surface area contributed by atoms with E-state index in [2.05, 4.69) is 28.3 Å². The Morgan fingerprint density at radius 3 is 2.62 bits per heavy atom. The molecular formula is C19H23N5O2. The second-order valence-electron chi connectivity index (χ2n) is 6.25. The standard InChI is InChI=1S/C19H23N5O2/c1-3-15-6-4-5-7-16(15)22-18-12-17(20-14(2)21-18)19(26)24-10-8-23(13-25)9-11-24/h4-7,12-13H,3,8-11H2,1-2H3,(H,20,21,22). The lowest BCUT2D eigenvalue weighted by Crippen LogP contribution is -2.48. The topological polar surface area (TPSA) is 78.4 Å². The second-order valence-corrected chi connectivity index (χ2v) is 6.25. The summed E-state index contributed by atoms with van der Waals surface area (Å²) in [6.45, 7) is 6.00. The summed E-state index contributed by atoms with van der Waals surface area (Å²) >= 11 is 0. The number of benzene rings is 1. The van der Waals surface area contributed by atoms with Crippen LogP contribution in [-0.2, 0) is 11.2 Å². The zero-order chi connectivity index (χ0) is 18.5. The van der Waals surface area contributed by atoms with Gasteiger partial charge in [-0.15, -0.1) is 0 Å². The van der Waals surface area contributed by atoms with E-state index in [0.717, 1.165) is 18.5 Å². The van der Waals surface area contributed by atoms with Crippen molar-refractivity contribution in [2.75, 3.05) is 31.5 Å². The maximum Gasteiger partial charge on any atom is 0.272 e. The third kappa shape index (κ3) is 3.99. The van der Waals surface area contributed by atoms with Crippen molar-refractivity contribution in [2.24, 2.45) is 0 Å². The van der Waals surface area contributed by atoms with Gasteiger partial charge in [-0.2, -0.15) is 0 Å². The fraction of sp³-hybridized carbons (Fsp3) is 0.368. The van der Waals surface area contributed by atoms with Crippen molar-refractivity contribution in [3.8, 4) is 0 Å². The second kappa shape index (κ2) is 7.95. The minimum Gasteiger partial charge on any atom is -0.342 e. The summed E-state index contributed by atoms with van der Waals surface area (Å²) in [5, 5.41) is 3.30. The van der Waals surface area contributed by atoms with E-state index >= 15 is 0 Å². The first-order valence-corrected chi connectivity index (χ1v) is 8.80. The number of anilines is 2. The van der Waals surface area contributed by atoms with Gasteiger partial charge in [-0.25, -0.2) is 9.97 Å². The number of amides is 2. The Morgan fingerprint density at radius 1 is 1.19 bits per heavy atom. The Hall–Kier alpha value is -2.96. The predicted octanol–water partition coefficient (Wildman–Crippen LogP) is 2.01. The third-order valence-corrected chi connectivity index (χ3v) is 4.47. The number of carbonyl (C=O) groups is 2. The van der Waals surface area contributed by atoms with Crippen LogP contribution < -0.4 is 5.32 Å². The number of para-hydroxylation sites is 1. The largest absolute Gasteiger partial charge is 0.342 e. The highest BCUT2D eigenvalue weighted by atomic mass is 16.2. The number of hydrogen-bond donors (Lipinski definition) is 1. The van der Waals surface area contributed by atoms with E-state index in [1.165, 1.54) is 5.56 Å². The molecule has 0 unspecified atom stereocenters. The fourth-order valence-electron chi connectivity index (χ4n) is 3.02. The lowest BCUT2D eigenvalue weighted by Gasteiger charge is -2.32. The minimum atomic E-state index is -0.132. The number of aryl methyl sites for hydroxylation is 2. The van der Waals surface area contributed by atoms with Gasteiger partial charge in [0.1, 0.15) is 17.3 Å². The molecule has 1 aromatic carbocycles. The summed E-state index contributed by atoms with van der Waals surface area (Å²) in [6, 6.07) is 9.72. The van der Waals surface area contributed by atoms with Crippen LogP contribution in [0.15, 0.2) is 30.3 Å². The van der Waals surface area contributed by atoms with Crippen LogP contribution in [0, 0.1) is 6.92 Å². The van der Waals surface area contributed by atoms with E-state index in [1.807, 2.05) is 18.2 Å². The van der Waals surface area contributed by atoms with Crippen LogP contribution in [0.25, 0.3) is 0 Å². The van der Waals surface area contributed by atoms with Gasteiger partial charge in [0.25, 0.3) is 5.91 Å². The average molecular weight is 353 g/mol. The molecule has 1 N–H and O–H groups in total. The normalized spacial score (nSPS) is 14.2. The number of piperazine rings is 1. The molecule has 136 valence electrons. The van der Waals surface area contributed by atoms with E-state index in [-0.39, 0.29) is 5.91 Å². The summed E-state index contributed by atoms with van der Waals surface area (Å²) in [7, 11) is 0. The van der Waals surface area contributed by atoms with Crippen LogP contribution in [-0.4, -0.2) is 58.3 Å². The summed E-state index contributed by atoms with van der Waals surface area (Å²) in [4.78, 5) is 35.7. The van der Waals surface area contributed by atoms with Crippen molar-refractivity contribution in [3.63, 3.8) is 0 Å². The summed E-state index contributed by atoms with van der Waals surface area (Å²) in [6.07, 6.45) is 1.73. The molecular weight excluding hydrogens is 330 g/mol. The summed E-state index contributed by atoms with van der Waals surface area (Å²) in [5.41, 5.74) is 2.53.